The molecule has 1 fully saturated rings. The van der Waals surface area contributed by atoms with Crippen molar-refractivity contribution in [2.24, 2.45) is 7.05 Å². The standard InChI is InChI=1S/C24H23N5O2S/c1-16-21-18(15-19(20-9-6-14-32-20)25-22(21)27(2)26-16)24(31)29-12-10-28(11-13-29)23(30)17-7-4-3-5-8-17/h3-9,14-15H,10-13H2,1-2H3. The largest absolute Gasteiger partial charge is 0.335 e. The fourth-order valence-electron chi connectivity index (χ4n) is 4.21. The average molecular weight is 446 g/mol. The maximum atomic E-state index is 13.6. The fourth-order valence-corrected chi connectivity index (χ4v) is 4.90. The lowest BCUT2D eigenvalue weighted by Gasteiger charge is -2.35. The zero-order valence-electron chi connectivity index (χ0n) is 18.0. The van der Waals surface area contributed by atoms with Gasteiger partial charge in [0, 0.05) is 38.8 Å². The van der Waals surface area contributed by atoms with E-state index in [0.29, 0.717) is 43.0 Å². The van der Waals surface area contributed by atoms with Gasteiger partial charge < -0.3 is 9.80 Å². The smallest absolute Gasteiger partial charge is 0.254 e. The lowest BCUT2D eigenvalue weighted by Crippen LogP contribution is -2.50. The van der Waals surface area contributed by atoms with Gasteiger partial charge in [0.05, 0.1) is 27.2 Å². The minimum Gasteiger partial charge on any atom is -0.335 e. The van der Waals surface area contributed by atoms with Crippen molar-refractivity contribution in [2.75, 3.05) is 26.2 Å². The highest BCUT2D eigenvalue weighted by atomic mass is 32.1. The van der Waals surface area contributed by atoms with Gasteiger partial charge in [-0.3, -0.25) is 14.3 Å². The third-order valence-corrected chi connectivity index (χ3v) is 6.74. The molecule has 1 aromatic carbocycles. The molecule has 32 heavy (non-hydrogen) atoms. The SMILES string of the molecule is Cc1nn(C)c2nc(-c3cccs3)cc(C(=O)N3CCN(C(=O)c4ccccc4)CC3)c12. The molecule has 2 amide bonds. The van der Waals surface area contributed by atoms with E-state index in [9.17, 15) is 9.59 Å². The van der Waals surface area contributed by atoms with Crippen molar-refractivity contribution in [3.63, 3.8) is 0 Å². The number of carbonyl (C=O) groups excluding carboxylic acids is 2. The van der Waals surface area contributed by atoms with E-state index in [2.05, 4.69) is 5.10 Å². The predicted octanol–water partition coefficient (Wildman–Crippen LogP) is 3.60. The second-order valence-electron chi connectivity index (χ2n) is 7.89. The molecule has 4 heterocycles. The van der Waals surface area contributed by atoms with E-state index in [1.165, 1.54) is 0 Å². The van der Waals surface area contributed by atoms with Gasteiger partial charge in [-0.05, 0) is 36.6 Å². The number of hydrogen-bond acceptors (Lipinski definition) is 5. The number of benzene rings is 1. The number of nitrogens with zero attached hydrogens (tertiary/aromatic N) is 5. The molecular formula is C24H23N5O2S. The molecule has 0 unspecified atom stereocenters. The molecule has 0 radical (unpaired) electrons. The molecule has 0 bridgehead atoms. The number of thiophene rings is 1. The lowest BCUT2D eigenvalue weighted by atomic mass is 10.1. The third-order valence-electron chi connectivity index (χ3n) is 5.85. The molecule has 162 valence electrons. The number of pyridine rings is 1. The molecule has 0 N–H and O–H groups in total. The maximum absolute atomic E-state index is 13.6. The summed E-state index contributed by atoms with van der Waals surface area (Å²) in [6, 6.07) is 15.1. The Balaban J connectivity index is 1.42. The van der Waals surface area contributed by atoms with Crippen LogP contribution in [0.25, 0.3) is 21.6 Å². The van der Waals surface area contributed by atoms with Crippen molar-refractivity contribution in [1.29, 1.82) is 0 Å². The van der Waals surface area contributed by atoms with Crippen LogP contribution in [-0.2, 0) is 7.05 Å². The molecule has 1 saturated heterocycles. The van der Waals surface area contributed by atoms with Crippen molar-refractivity contribution in [3.8, 4) is 10.6 Å². The van der Waals surface area contributed by atoms with Gasteiger partial charge in [-0.25, -0.2) is 4.98 Å². The summed E-state index contributed by atoms with van der Waals surface area (Å²) in [5, 5.41) is 7.30. The number of rotatable bonds is 3. The lowest BCUT2D eigenvalue weighted by molar-refractivity contribution is 0.0536. The summed E-state index contributed by atoms with van der Waals surface area (Å²) in [6.07, 6.45) is 0. The van der Waals surface area contributed by atoms with Gasteiger partial charge in [0.2, 0.25) is 0 Å². The van der Waals surface area contributed by atoms with Crippen LogP contribution >= 0.6 is 11.3 Å². The molecular weight excluding hydrogens is 422 g/mol. The van der Waals surface area contributed by atoms with Crippen molar-refractivity contribution in [3.05, 3.63) is 70.7 Å². The molecule has 0 spiro atoms. The van der Waals surface area contributed by atoms with Gasteiger partial charge in [-0.2, -0.15) is 5.10 Å². The first-order valence-electron chi connectivity index (χ1n) is 10.5. The number of carbonyl (C=O) groups is 2. The van der Waals surface area contributed by atoms with Gasteiger partial charge in [0.15, 0.2) is 5.65 Å². The predicted molar refractivity (Wildman–Crippen MR) is 125 cm³/mol. The van der Waals surface area contributed by atoms with Crippen LogP contribution in [-0.4, -0.2) is 62.6 Å². The van der Waals surface area contributed by atoms with Crippen molar-refractivity contribution < 1.29 is 9.59 Å². The molecule has 4 aromatic rings. The number of aryl methyl sites for hydroxylation is 2. The summed E-state index contributed by atoms with van der Waals surface area (Å²) in [5.41, 5.74) is 3.56. The van der Waals surface area contributed by atoms with Crippen LogP contribution in [0.5, 0.6) is 0 Å². The van der Waals surface area contributed by atoms with E-state index in [-0.39, 0.29) is 11.8 Å². The normalized spacial score (nSPS) is 14.2. The Hall–Kier alpha value is -3.52. The van der Waals surface area contributed by atoms with E-state index >= 15 is 0 Å². The molecule has 3 aromatic heterocycles. The summed E-state index contributed by atoms with van der Waals surface area (Å²) in [7, 11) is 1.85. The maximum Gasteiger partial charge on any atom is 0.254 e. The van der Waals surface area contributed by atoms with Gasteiger partial charge in [-0.15, -0.1) is 11.3 Å². The molecule has 5 rings (SSSR count). The van der Waals surface area contributed by atoms with E-state index < -0.39 is 0 Å². The van der Waals surface area contributed by atoms with Gasteiger partial charge in [0.25, 0.3) is 11.8 Å². The molecule has 1 aliphatic heterocycles. The Morgan fingerprint density at radius 1 is 0.938 bits per heavy atom. The number of piperazine rings is 1. The summed E-state index contributed by atoms with van der Waals surface area (Å²) < 4.78 is 1.73. The fraction of sp³-hybridized carbons (Fsp3) is 0.250. The third kappa shape index (κ3) is 3.56. The van der Waals surface area contributed by atoms with Crippen molar-refractivity contribution in [2.45, 2.75) is 6.92 Å². The number of aromatic nitrogens is 3. The van der Waals surface area contributed by atoms with E-state index in [4.69, 9.17) is 4.98 Å². The zero-order chi connectivity index (χ0) is 22.2. The quantitative estimate of drug-likeness (QED) is 0.483. The van der Waals surface area contributed by atoms with Gasteiger partial charge in [0.1, 0.15) is 0 Å². The number of hydrogen-bond donors (Lipinski definition) is 0. The van der Waals surface area contributed by atoms with Crippen LogP contribution in [0.2, 0.25) is 0 Å². The van der Waals surface area contributed by atoms with Crippen molar-refractivity contribution >= 4 is 34.2 Å². The van der Waals surface area contributed by atoms with Gasteiger partial charge >= 0.3 is 0 Å². The summed E-state index contributed by atoms with van der Waals surface area (Å²) in [5.74, 6) is -0.0368. The minimum absolute atomic E-state index is 0.00656. The van der Waals surface area contributed by atoms with Crippen LogP contribution in [0, 0.1) is 6.92 Å². The van der Waals surface area contributed by atoms with Crippen LogP contribution in [0.15, 0.2) is 53.9 Å². The van der Waals surface area contributed by atoms with Crippen LogP contribution < -0.4 is 0 Å². The van der Waals surface area contributed by atoms with Crippen LogP contribution in [0.4, 0.5) is 0 Å². The van der Waals surface area contributed by atoms with E-state index in [1.54, 1.807) is 16.0 Å². The Kier molecular flexibility index (Phi) is 5.22. The summed E-state index contributed by atoms with van der Waals surface area (Å²) in [4.78, 5) is 35.8. The first kappa shape index (κ1) is 20.4. The van der Waals surface area contributed by atoms with Crippen LogP contribution in [0.3, 0.4) is 0 Å². The number of amides is 2. The van der Waals surface area contributed by atoms with E-state index in [0.717, 1.165) is 21.7 Å². The second-order valence-corrected chi connectivity index (χ2v) is 8.84. The highest BCUT2D eigenvalue weighted by Crippen LogP contribution is 2.30. The topological polar surface area (TPSA) is 71.3 Å². The summed E-state index contributed by atoms with van der Waals surface area (Å²) >= 11 is 1.59. The molecule has 8 heteroatoms. The molecule has 7 nitrogen and oxygen atoms in total. The average Bonchev–Trinajstić information content (AvgIpc) is 3.47. The molecule has 1 aliphatic rings. The highest BCUT2D eigenvalue weighted by molar-refractivity contribution is 7.13. The second kappa shape index (κ2) is 8.20. The zero-order valence-corrected chi connectivity index (χ0v) is 18.8. The number of fused-ring (bicyclic) bond motifs is 1. The Morgan fingerprint density at radius 2 is 1.62 bits per heavy atom. The Morgan fingerprint density at radius 3 is 2.28 bits per heavy atom. The molecule has 0 saturated carbocycles. The summed E-state index contributed by atoms with van der Waals surface area (Å²) in [6.45, 7) is 3.92. The Labute approximate surface area is 189 Å². The van der Waals surface area contributed by atoms with Gasteiger partial charge in [-0.1, -0.05) is 24.3 Å². The first-order valence-corrected chi connectivity index (χ1v) is 11.4. The molecule has 0 aliphatic carbocycles. The van der Waals surface area contributed by atoms with E-state index in [1.807, 2.05) is 77.7 Å². The Bertz CT molecular complexity index is 1290. The first-order chi connectivity index (χ1) is 15.5. The highest BCUT2D eigenvalue weighted by Gasteiger charge is 2.28. The minimum atomic E-state index is -0.0434. The monoisotopic (exact) mass is 445 g/mol. The van der Waals surface area contributed by atoms with Crippen molar-refractivity contribution in [1.82, 2.24) is 24.6 Å². The molecule has 0 atom stereocenters. The van der Waals surface area contributed by atoms with Crippen LogP contribution in [0.1, 0.15) is 26.4 Å².